The standard InChI is InChI=1S/C2H3N.H3P/c1-2-3;/h1H3;1H3. The van der Waals surface area contributed by atoms with Crippen molar-refractivity contribution in [2.45, 2.75) is 6.92 Å². The molecule has 0 amide bonds. The molecular weight excluding hydrogens is 69.0 g/mol. The second-order valence-electron chi connectivity index (χ2n) is 0.224. The maximum atomic E-state index is 7.32. The molecule has 0 saturated carbocycles. The monoisotopic (exact) mass is 75.0 g/mol. The summed E-state index contributed by atoms with van der Waals surface area (Å²) in [4.78, 5) is 0. The maximum absolute atomic E-state index is 7.32. The van der Waals surface area contributed by atoms with E-state index in [2.05, 4.69) is 0 Å². The zero-order valence-electron chi connectivity index (χ0n) is 2.65. The summed E-state index contributed by atoms with van der Waals surface area (Å²) in [6.45, 7) is 1.43. The average Bonchev–Trinajstić information content (AvgIpc) is 0.918. The van der Waals surface area contributed by atoms with E-state index in [9.17, 15) is 0 Å². The largest absolute Gasteiger partial charge is 0.199 e. The van der Waals surface area contributed by atoms with Crippen LogP contribution in [-0.4, -0.2) is 0 Å². The van der Waals surface area contributed by atoms with Crippen LogP contribution in [0.2, 0.25) is 0 Å². The number of hydrogen-bond donors (Lipinski definition) is 0. The fourth-order valence-electron chi connectivity index (χ4n) is 0. The Kier molecular flexibility index (Phi) is 28.8. The Bertz CT molecular complexity index is 27.5. The van der Waals surface area contributed by atoms with Gasteiger partial charge in [0.05, 0.1) is 6.07 Å². The van der Waals surface area contributed by atoms with Gasteiger partial charge in [0.25, 0.3) is 0 Å². The average molecular weight is 75.1 g/mol. The molecule has 0 aromatic carbocycles. The van der Waals surface area contributed by atoms with Crippen LogP contribution in [0.4, 0.5) is 0 Å². The van der Waals surface area contributed by atoms with Crippen LogP contribution < -0.4 is 0 Å². The lowest BCUT2D eigenvalue weighted by atomic mass is 11.0. The molecule has 0 radical (unpaired) electrons. The summed E-state index contributed by atoms with van der Waals surface area (Å²) in [5, 5.41) is 7.32. The van der Waals surface area contributed by atoms with Gasteiger partial charge in [-0.2, -0.15) is 15.2 Å². The highest BCUT2D eigenvalue weighted by molar-refractivity contribution is 6.92. The maximum Gasteiger partial charge on any atom is 0.0587 e. The van der Waals surface area contributed by atoms with Gasteiger partial charge in [-0.3, -0.25) is 0 Å². The molecule has 4 heavy (non-hydrogen) atoms. The van der Waals surface area contributed by atoms with Crippen LogP contribution in [0, 0.1) is 11.3 Å². The fourth-order valence-corrected chi connectivity index (χ4v) is 0. The zero-order chi connectivity index (χ0) is 2.71. The quantitative estimate of drug-likeness (QED) is 0.386. The van der Waals surface area contributed by atoms with Gasteiger partial charge in [0.1, 0.15) is 0 Å². The van der Waals surface area contributed by atoms with Gasteiger partial charge in [0.2, 0.25) is 0 Å². The summed E-state index contributed by atoms with van der Waals surface area (Å²) in [5.41, 5.74) is 0. The van der Waals surface area contributed by atoms with Crippen molar-refractivity contribution < 1.29 is 0 Å². The van der Waals surface area contributed by atoms with Gasteiger partial charge >= 0.3 is 0 Å². The lowest BCUT2D eigenvalue weighted by molar-refractivity contribution is 1.49. The third-order valence-electron chi connectivity index (χ3n) is 0. The van der Waals surface area contributed by atoms with E-state index < -0.39 is 0 Å². The number of rotatable bonds is 0. The molecule has 0 aliphatic heterocycles. The first-order valence-electron chi connectivity index (χ1n) is 0.724. The molecule has 0 aromatic rings. The molecule has 0 fully saturated rings. The highest BCUT2D eigenvalue weighted by atomic mass is 31.0. The molecule has 0 aromatic heterocycles. The molecule has 0 saturated heterocycles. The molecule has 0 bridgehead atoms. The van der Waals surface area contributed by atoms with Crippen LogP contribution in [-0.2, 0) is 0 Å². The first-order valence-corrected chi connectivity index (χ1v) is 0.724. The molecule has 0 spiro atoms. The molecule has 1 nitrogen and oxygen atoms in total. The summed E-state index contributed by atoms with van der Waals surface area (Å²) in [5.74, 6) is 0. The van der Waals surface area contributed by atoms with E-state index in [1.807, 2.05) is 0 Å². The van der Waals surface area contributed by atoms with E-state index in [-0.39, 0.29) is 9.90 Å². The fraction of sp³-hybridized carbons (Fsp3) is 0.500. The summed E-state index contributed by atoms with van der Waals surface area (Å²) >= 11 is 0. The van der Waals surface area contributed by atoms with E-state index in [0.29, 0.717) is 0 Å². The van der Waals surface area contributed by atoms with E-state index >= 15 is 0 Å². The van der Waals surface area contributed by atoms with Gasteiger partial charge in [-0.05, 0) is 0 Å². The minimum atomic E-state index is 0. The second kappa shape index (κ2) is 12.7. The van der Waals surface area contributed by atoms with E-state index in [1.165, 1.54) is 6.92 Å². The molecule has 0 rings (SSSR count). The van der Waals surface area contributed by atoms with Crippen LogP contribution in [0.5, 0.6) is 0 Å². The van der Waals surface area contributed by atoms with Gasteiger partial charge in [-0.15, -0.1) is 0 Å². The Morgan fingerprint density at radius 2 is 1.75 bits per heavy atom. The normalized spacial score (nSPS) is 2.00. The van der Waals surface area contributed by atoms with Crippen molar-refractivity contribution >= 4 is 9.90 Å². The number of nitrogens with zero attached hydrogens (tertiary/aromatic N) is 1. The lowest BCUT2D eigenvalue weighted by Crippen LogP contribution is -1.10. The van der Waals surface area contributed by atoms with Crippen molar-refractivity contribution in [2.24, 2.45) is 0 Å². The van der Waals surface area contributed by atoms with Crippen molar-refractivity contribution in [2.75, 3.05) is 0 Å². The zero-order valence-corrected chi connectivity index (χ0v) is 4.07. The van der Waals surface area contributed by atoms with E-state index in [4.69, 9.17) is 5.26 Å². The highest BCUT2D eigenvalue weighted by Gasteiger charge is 1.17. The van der Waals surface area contributed by atoms with Crippen LogP contribution >= 0.6 is 9.90 Å². The number of nitriles is 1. The predicted octanol–water partition coefficient (Wildman–Crippen LogP) is 0.588. The summed E-state index contributed by atoms with van der Waals surface area (Å²) in [7, 11) is 0. The molecule has 24 valence electrons. The Morgan fingerprint density at radius 3 is 1.75 bits per heavy atom. The SMILES string of the molecule is CC#N.P. The van der Waals surface area contributed by atoms with Crippen molar-refractivity contribution in [3.05, 3.63) is 0 Å². The highest BCUT2D eigenvalue weighted by Crippen LogP contribution is 1.21. The smallest absolute Gasteiger partial charge is 0.0587 e. The van der Waals surface area contributed by atoms with Crippen molar-refractivity contribution in [1.29, 1.82) is 5.26 Å². The van der Waals surface area contributed by atoms with Crippen LogP contribution in [0.15, 0.2) is 0 Å². The molecule has 0 aliphatic carbocycles. The molecule has 0 aliphatic rings. The Labute approximate surface area is 29.2 Å². The van der Waals surface area contributed by atoms with Gasteiger partial charge in [-0.25, -0.2) is 0 Å². The summed E-state index contributed by atoms with van der Waals surface area (Å²) < 4.78 is 0. The molecule has 1 atom stereocenters. The van der Waals surface area contributed by atoms with Crippen molar-refractivity contribution in [3.63, 3.8) is 0 Å². The third-order valence-corrected chi connectivity index (χ3v) is 0. The minimum absolute atomic E-state index is 0. The first-order chi connectivity index (χ1) is 1.41. The topological polar surface area (TPSA) is 23.8 Å². The lowest BCUT2D eigenvalue weighted by Gasteiger charge is -1.15. The second-order valence-corrected chi connectivity index (χ2v) is 0.224. The van der Waals surface area contributed by atoms with Gasteiger partial charge in [0.15, 0.2) is 0 Å². The Hall–Kier alpha value is -0.0800. The Morgan fingerprint density at radius 1 is 1.75 bits per heavy atom. The molecule has 2 heteroatoms. The first kappa shape index (κ1) is 9.07. The summed E-state index contributed by atoms with van der Waals surface area (Å²) in [6.07, 6.45) is 0. The van der Waals surface area contributed by atoms with Crippen molar-refractivity contribution in [3.8, 4) is 6.07 Å². The van der Waals surface area contributed by atoms with Crippen LogP contribution in [0.25, 0.3) is 0 Å². The Balaban J connectivity index is 0. The molecular formula is C2H6NP. The van der Waals surface area contributed by atoms with Gasteiger partial charge in [0, 0.05) is 6.92 Å². The number of hydrogen-bond acceptors (Lipinski definition) is 1. The van der Waals surface area contributed by atoms with Crippen LogP contribution in [0.3, 0.4) is 0 Å². The van der Waals surface area contributed by atoms with E-state index in [1.54, 1.807) is 6.07 Å². The van der Waals surface area contributed by atoms with Crippen LogP contribution in [0.1, 0.15) is 6.92 Å². The summed E-state index contributed by atoms with van der Waals surface area (Å²) in [6, 6.07) is 1.75. The third kappa shape index (κ3) is 254. The van der Waals surface area contributed by atoms with E-state index in [0.717, 1.165) is 0 Å². The molecule has 0 heterocycles. The van der Waals surface area contributed by atoms with Gasteiger partial charge in [-0.1, -0.05) is 0 Å². The van der Waals surface area contributed by atoms with Gasteiger partial charge < -0.3 is 0 Å². The predicted molar refractivity (Wildman–Crippen MR) is 22.4 cm³/mol. The molecule has 1 unspecified atom stereocenters. The van der Waals surface area contributed by atoms with Crippen molar-refractivity contribution in [1.82, 2.24) is 0 Å². The molecule has 0 N–H and O–H groups in total. The minimum Gasteiger partial charge on any atom is -0.199 e.